The number of benzene rings is 1. The molecule has 0 atom stereocenters. The summed E-state index contributed by atoms with van der Waals surface area (Å²) in [5.74, 6) is 0. The first-order valence-corrected chi connectivity index (χ1v) is 7.62. The summed E-state index contributed by atoms with van der Waals surface area (Å²) < 4.78 is 0. The van der Waals surface area contributed by atoms with Crippen molar-refractivity contribution in [1.82, 2.24) is 15.3 Å². The van der Waals surface area contributed by atoms with Crippen molar-refractivity contribution in [2.45, 2.75) is 42.9 Å². The van der Waals surface area contributed by atoms with Crippen LogP contribution in [0.5, 0.6) is 0 Å². The monoisotopic (exact) mass is 307 g/mol. The molecular formula is C15H18ClN3S. The first-order chi connectivity index (χ1) is 9.44. The predicted octanol–water partition coefficient (Wildman–Crippen LogP) is 4.17. The Morgan fingerprint density at radius 2 is 1.80 bits per heavy atom. The molecule has 106 valence electrons. The Bertz CT molecular complexity index is 564. The van der Waals surface area contributed by atoms with E-state index in [1.165, 1.54) is 11.8 Å². The minimum absolute atomic E-state index is 0.0883. The lowest BCUT2D eigenvalue weighted by Gasteiger charge is -2.20. The number of hydrogen-bond acceptors (Lipinski definition) is 4. The van der Waals surface area contributed by atoms with Crippen LogP contribution < -0.4 is 5.32 Å². The maximum atomic E-state index is 6.12. The molecule has 0 amide bonds. The lowest BCUT2D eigenvalue weighted by atomic mass is 10.1. The molecule has 1 heterocycles. The van der Waals surface area contributed by atoms with E-state index in [0.29, 0.717) is 5.16 Å². The van der Waals surface area contributed by atoms with Crippen molar-refractivity contribution in [3.63, 3.8) is 0 Å². The van der Waals surface area contributed by atoms with Crippen LogP contribution in [0.3, 0.4) is 0 Å². The highest BCUT2D eigenvalue weighted by atomic mass is 35.5. The van der Waals surface area contributed by atoms with Crippen LogP contribution in [0, 0.1) is 0 Å². The van der Waals surface area contributed by atoms with Crippen LogP contribution in [0.15, 0.2) is 46.7 Å². The van der Waals surface area contributed by atoms with Crippen LogP contribution in [0.2, 0.25) is 5.02 Å². The second-order valence-electron chi connectivity index (χ2n) is 5.51. The molecule has 2 aromatic rings. The standard InChI is InChI=1S/C15H18ClN3S/c1-15(2,3)19-10-11-8-17-14(18-9-11)20-13-7-5-4-6-12(13)16/h4-9,19H,10H2,1-3H3. The van der Waals surface area contributed by atoms with Crippen LogP contribution in [0.25, 0.3) is 0 Å². The van der Waals surface area contributed by atoms with Crippen LogP contribution >= 0.6 is 23.4 Å². The van der Waals surface area contributed by atoms with E-state index in [2.05, 4.69) is 36.1 Å². The third kappa shape index (κ3) is 4.78. The lowest BCUT2D eigenvalue weighted by molar-refractivity contribution is 0.423. The Balaban J connectivity index is 2.00. The molecule has 0 aliphatic rings. The van der Waals surface area contributed by atoms with Gasteiger partial charge in [-0.3, -0.25) is 0 Å². The fourth-order valence-corrected chi connectivity index (χ4v) is 2.45. The van der Waals surface area contributed by atoms with E-state index in [0.717, 1.165) is 22.0 Å². The van der Waals surface area contributed by atoms with Gasteiger partial charge in [0, 0.05) is 34.9 Å². The van der Waals surface area contributed by atoms with Gasteiger partial charge in [0.2, 0.25) is 0 Å². The molecule has 0 unspecified atom stereocenters. The van der Waals surface area contributed by atoms with E-state index in [4.69, 9.17) is 11.6 Å². The van der Waals surface area contributed by atoms with Crippen LogP contribution in [0.4, 0.5) is 0 Å². The van der Waals surface area contributed by atoms with E-state index in [9.17, 15) is 0 Å². The second-order valence-corrected chi connectivity index (χ2v) is 6.93. The maximum Gasteiger partial charge on any atom is 0.192 e. The molecular weight excluding hydrogens is 290 g/mol. The van der Waals surface area contributed by atoms with Crippen molar-refractivity contribution in [3.05, 3.63) is 47.2 Å². The van der Waals surface area contributed by atoms with Gasteiger partial charge in [0.1, 0.15) is 0 Å². The van der Waals surface area contributed by atoms with Crippen molar-refractivity contribution in [2.24, 2.45) is 0 Å². The average Bonchev–Trinajstić information content (AvgIpc) is 2.40. The van der Waals surface area contributed by atoms with Gasteiger partial charge in [-0.15, -0.1) is 0 Å². The Hall–Kier alpha value is -1.10. The molecule has 0 aliphatic carbocycles. The molecule has 0 saturated carbocycles. The number of nitrogens with one attached hydrogen (secondary N) is 1. The van der Waals surface area contributed by atoms with E-state index >= 15 is 0 Å². The summed E-state index contributed by atoms with van der Waals surface area (Å²) in [4.78, 5) is 9.71. The molecule has 1 aromatic heterocycles. The van der Waals surface area contributed by atoms with Gasteiger partial charge >= 0.3 is 0 Å². The second kappa shape index (κ2) is 6.57. The summed E-state index contributed by atoms with van der Waals surface area (Å²) in [5, 5.41) is 4.84. The van der Waals surface area contributed by atoms with Crippen molar-refractivity contribution >= 4 is 23.4 Å². The molecule has 20 heavy (non-hydrogen) atoms. The summed E-state index contributed by atoms with van der Waals surface area (Å²) >= 11 is 7.59. The quantitative estimate of drug-likeness (QED) is 0.860. The zero-order valence-electron chi connectivity index (χ0n) is 11.9. The third-order valence-corrected chi connectivity index (χ3v) is 3.95. The molecule has 0 radical (unpaired) electrons. The molecule has 1 N–H and O–H groups in total. The number of nitrogens with zero attached hydrogens (tertiary/aromatic N) is 2. The first-order valence-electron chi connectivity index (χ1n) is 6.42. The number of hydrogen-bond donors (Lipinski definition) is 1. The minimum atomic E-state index is 0.0883. The molecule has 0 aliphatic heterocycles. The molecule has 3 nitrogen and oxygen atoms in total. The number of halogens is 1. The number of aromatic nitrogens is 2. The fourth-order valence-electron chi connectivity index (χ4n) is 1.48. The molecule has 5 heteroatoms. The summed E-state index contributed by atoms with van der Waals surface area (Å²) in [6, 6.07) is 7.70. The van der Waals surface area contributed by atoms with Gasteiger partial charge in [0.25, 0.3) is 0 Å². The van der Waals surface area contributed by atoms with Gasteiger partial charge < -0.3 is 5.32 Å². The topological polar surface area (TPSA) is 37.8 Å². The van der Waals surface area contributed by atoms with Crippen molar-refractivity contribution in [2.75, 3.05) is 0 Å². The van der Waals surface area contributed by atoms with Gasteiger partial charge in [-0.25, -0.2) is 9.97 Å². The SMILES string of the molecule is CC(C)(C)NCc1cnc(Sc2ccccc2Cl)nc1. The highest BCUT2D eigenvalue weighted by Crippen LogP contribution is 2.30. The van der Waals surface area contributed by atoms with Gasteiger partial charge in [-0.05, 0) is 44.7 Å². The largest absolute Gasteiger partial charge is 0.308 e. The van der Waals surface area contributed by atoms with Crippen molar-refractivity contribution in [1.29, 1.82) is 0 Å². The molecule has 0 saturated heterocycles. The highest BCUT2D eigenvalue weighted by molar-refractivity contribution is 7.99. The predicted molar refractivity (Wildman–Crippen MR) is 84.2 cm³/mol. The maximum absolute atomic E-state index is 6.12. The zero-order chi connectivity index (χ0) is 14.6. The molecule has 1 aromatic carbocycles. The normalized spacial score (nSPS) is 11.6. The van der Waals surface area contributed by atoms with Crippen molar-refractivity contribution in [3.8, 4) is 0 Å². The summed E-state index contributed by atoms with van der Waals surface area (Å²) in [6.45, 7) is 7.17. The van der Waals surface area contributed by atoms with E-state index in [1.54, 1.807) is 0 Å². The Morgan fingerprint density at radius 3 is 2.40 bits per heavy atom. The van der Waals surface area contributed by atoms with Gasteiger partial charge in [-0.2, -0.15) is 0 Å². The first kappa shape index (κ1) is 15.3. The zero-order valence-corrected chi connectivity index (χ0v) is 13.4. The Labute approximate surface area is 129 Å². The lowest BCUT2D eigenvalue weighted by Crippen LogP contribution is -2.35. The average molecular weight is 308 g/mol. The Morgan fingerprint density at radius 1 is 1.15 bits per heavy atom. The molecule has 0 fully saturated rings. The minimum Gasteiger partial charge on any atom is -0.308 e. The van der Waals surface area contributed by atoms with Gasteiger partial charge in [0.05, 0.1) is 5.02 Å². The summed E-state index contributed by atoms with van der Waals surface area (Å²) in [5.41, 5.74) is 1.16. The smallest absolute Gasteiger partial charge is 0.192 e. The number of rotatable bonds is 4. The van der Waals surface area contributed by atoms with Crippen LogP contribution in [-0.4, -0.2) is 15.5 Å². The Kier molecular flexibility index (Phi) is 5.02. The summed E-state index contributed by atoms with van der Waals surface area (Å²) in [6.07, 6.45) is 3.70. The molecule has 2 rings (SSSR count). The highest BCUT2D eigenvalue weighted by Gasteiger charge is 2.09. The van der Waals surface area contributed by atoms with Crippen molar-refractivity contribution < 1.29 is 0 Å². The van der Waals surface area contributed by atoms with Gasteiger partial charge in [-0.1, -0.05) is 23.7 Å². The third-order valence-electron chi connectivity index (χ3n) is 2.54. The van der Waals surface area contributed by atoms with E-state index in [1.807, 2.05) is 36.7 Å². The van der Waals surface area contributed by atoms with Crippen LogP contribution in [-0.2, 0) is 6.54 Å². The fraction of sp³-hybridized carbons (Fsp3) is 0.333. The van der Waals surface area contributed by atoms with E-state index in [-0.39, 0.29) is 5.54 Å². The summed E-state index contributed by atoms with van der Waals surface area (Å²) in [7, 11) is 0. The van der Waals surface area contributed by atoms with E-state index < -0.39 is 0 Å². The molecule has 0 spiro atoms. The van der Waals surface area contributed by atoms with Crippen LogP contribution in [0.1, 0.15) is 26.3 Å². The molecule has 0 bridgehead atoms. The van der Waals surface area contributed by atoms with Gasteiger partial charge in [0.15, 0.2) is 5.16 Å².